The lowest BCUT2D eigenvalue weighted by molar-refractivity contribution is 1.48. The van der Waals surface area contributed by atoms with E-state index in [-0.39, 0.29) is 0 Å². The van der Waals surface area contributed by atoms with Crippen molar-refractivity contribution in [3.63, 3.8) is 0 Å². The van der Waals surface area contributed by atoms with Crippen molar-refractivity contribution in [3.8, 4) is 0 Å². The van der Waals surface area contributed by atoms with Crippen LogP contribution in [0.3, 0.4) is 0 Å². The molecule has 0 aliphatic carbocycles. The summed E-state index contributed by atoms with van der Waals surface area (Å²) in [5.74, 6) is 0. The fraction of sp³-hybridized carbons (Fsp3) is 0.150. The number of nitrogens with zero attached hydrogens (tertiary/aromatic N) is 1. The summed E-state index contributed by atoms with van der Waals surface area (Å²) in [4.78, 5) is 4.35. The molecule has 0 aromatic heterocycles. The largest absolute Gasteiger partial charge is 0.261 e. The van der Waals surface area contributed by atoms with Gasteiger partial charge in [-0.25, -0.2) is 0 Å². The molecule has 0 aromatic carbocycles. The van der Waals surface area contributed by atoms with Gasteiger partial charge in [-0.3, -0.25) is 4.99 Å². The lowest BCUT2D eigenvalue weighted by Gasteiger charge is -2.03. The Labute approximate surface area is 129 Å². The van der Waals surface area contributed by atoms with Crippen molar-refractivity contribution in [3.05, 3.63) is 97.3 Å². The van der Waals surface area contributed by atoms with Crippen LogP contribution in [0.4, 0.5) is 0 Å². The van der Waals surface area contributed by atoms with Gasteiger partial charge < -0.3 is 0 Å². The van der Waals surface area contributed by atoms with Crippen LogP contribution < -0.4 is 0 Å². The first-order chi connectivity index (χ1) is 10.1. The van der Waals surface area contributed by atoms with Gasteiger partial charge in [-0.05, 0) is 43.6 Å². The Hall–Kier alpha value is -2.41. The summed E-state index contributed by atoms with van der Waals surface area (Å²) < 4.78 is 0. The molecule has 0 fully saturated rings. The first-order valence-corrected chi connectivity index (χ1v) is 6.92. The number of aliphatic imine (C=N–C) groups is 1. The van der Waals surface area contributed by atoms with Crippen molar-refractivity contribution in [1.29, 1.82) is 0 Å². The van der Waals surface area contributed by atoms with Crippen molar-refractivity contribution >= 4 is 5.71 Å². The Morgan fingerprint density at radius 3 is 2.00 bits per heavy atom. The zero-order valence-electron chi connectivity index (χ0n) is 13.3. The smallest absolute Gasteiger partial charge is 0.0441 e. The first kappa shape index (κ1) is 18.6. The van der Waals surface area contributed by atoms with E-state index in [1.807, 2.05) is 57.2 Å². The highest BCUT2D eigenvalue weighted by Gasteiger charge is 1.97. The van der Waals surface area contributed by atoms with E-state index in [2.05, 4.69) is 24.7 Å². The zero-order chi connectivity index (χ0) is 16.1. The molecular formula is C20H25N. The van der Waals surface area contributed by atoms with Crippen LogP contribution in [0, 0.1) is 0 Å². The Balaban J connectivity index is 5.06. The minimum absolute atomic E-state index is 0.948. The quantitative estimate of drug-likeness (QED) is 0.388. The molecule has 0 amide bonds. The molecule has 0 rings (SSSR count). The SMILES string of the molecule is C=C\C=C/N=C(C)\C(\C=C/C(=C)C(/C=C\C=C)=C/C)=C\C. The number of hydrogen-bond donors (Lipinski definition) is 0. The molecule has 0 bridgehead atoms. The predicted molar refractivity (Wildman–Crippen MR) is 97.6 cm³/mol. The van der Waals surface area contributed by atoms with Gasteiger partial charge in [-0.1, -0.05) is 68.3 Å². The Morgan fingerprint density at radius 1 is 0.857 bits per heavy atom. The van der Waals surface area contributed by atoms with Crippen LogP contribution in [0.25, 0.3) is 0 Å². The molecule has 1 nitrogen and oxygen atoms in total. The van der Waals surface area contributed by atoms with E-state index >= 15 is 0 Å². The second-order valence-electron chi connectivity index (χ2n) is 4.23. The number of hydrogen-bond acceptors (Lipinski definition) is 1. The molecule has 1 heteroatoms. The van der Waals surface area contributed by atoms with Crippen LogP contribution >= 0.6 is 0 Å². The third-order valence-corrected chi connectivity index (χ3v) is 2.78. The molecule has 21 heavy (non-hydrogen) atoms. The van der Waals surface area contributed by atoms with Gasteiger partial charge in [-0.2, -0.15) is 0 Å². The van der Waals surface area contributed by atoms with E-state index < -0.39 is 0 Å². The minimum atomic E-state index is 0.948. The van der Waals surface area contributed by atoms with Gasteiger partial charge in [-0.15, -0.1) is 0 Å². The molecule has 0 saturated heterocycles. The summed E-state index contributed by atoms with van der Waals surface area (Å²) in [6.45, 7) is 17.3. The van der Waals surface area contributed by atoms with Crippen LogP contribution in [0.2, 0.25) is 0 Å². The van der Waals surface area contributed by atoms with Gasteiger partial charge in [0.05, 0.1) is 0 Å². The highest BCUT2D eigenvalue weighted by Crippen LogP contribution is 2.13. The molecule has 0 heterocycles. The lowest BCUT2D eigenvalue weighted by atomic mass is 10.0. The normalized spacial score (nSPS) is 14.3. The molecule has 0 spiro atoms. The Kier molecular flexibility index (Phi) is 10.1. The number of allylic oxidation sites excluding steroid dienone is 12. The minimum Gasteiger partial charge on any atom is -0.261 e. The van der Waals surface area contributed by atoms with Gasteiger partial charge in [0.25, 0.3) is 0 Å². The monoisotopic (exact) mass is 279 g/mol. The van der Waals surface area contributed by atoms with Gasteiger partial charge in [0.15, 0.2) is 0 Å². The maximum Gasteiger partial charge on any atom is 0.0441 e. The third kappa shape index (κ3) is 7.68. The van der Waals surface area contributed by atoms with Crippen molar-refractivity contribution in [2.75, 3.05) is 0 Å². The van der Waals surface area contributed by atoms with Gasteiger partial charge >= 0.3 is 0 Å². The van der Waals surface area contributed by atoms with E-state index in [1.165, 1.54) is 0 Å². The third-order valence-electron chi connectivity index (χ3n) is 2.78. The second-order valence-corrected chi connectivity index (χ2v) is 4.23. The summed E-state index contributed by atoms with van der Waals surface area (Å²) >= 11 is 0. The summed E-state index contributed by atoms with van der Waals surface area (Å²) in [7, 11) is 0. The van der Waals surface area contributed by atoms with Crippen LogP contribution in [-0.2, 0) is 0 Å². The molecule has 110 valence electrons. The van der Waals surface area contributed by atoms with Crippen molar-refractivity contribution in [1.82, 2.24) is 0 Å². The van der Waals surface area contributed by atoms with Crippen molar-refractivity contribution < 1.29 is 0 Å². The molecule has 0 unspecified atom stereocenters. The average molecular weight is 279 g/mol. The molecule has 0 N–H and O–H groups in total. The molecule has 0 radical (unpaired) electrons. The zero-order valence-corrected chi connectivity index (χ0v) is 13.3. The van der Waals surface area contributed by atoms with E-state index in [9.17, 15) is 0 Å². The van der Waals surface area contributed by atoms with E-state index in [4.69, 9.17) is 0 Å². The topological polar surface area (TPSA) is 12.4 Å². The highest BCUT2D eigenvalue weighted by molar-refractivity contribution is 6.01. The van der Waals surface area contributed by atoms with E-state index in [1.54, 1.807) is 24.4 Å². The molecule has 0 atom stereocenters. The Bertz CT molecular complexity index is 546. The van der Waals surface area contributed by atoms with E-state index in [0.29, 0.717) is 0 Å². The summed E-state index contributed by atoms with van der Waals surface area (Å²) in [5, 5.41) is 0. The van der Waals surface area contributed by atoms with E-state index in [0.717, 1.165) is 22.4 Å². The van der Waals surface area contributed by atoms with Gasteiger partial charge in [0.1, 0.15) is 0 Å². The number of rotatable bonds is 8. The maximum atomic E-state index is 4.35. The van der Waals surface area contributed by atoms with Crippen LogP contribution in [0.5, 0.6) is 0 Å². The van der Waals surface area contributed by atoms with Crippen LogP contribution in [0.15, 0.2) is 102 Å². The lowest BCUT2D eigenvalue weighted by Crippen LogP contribution is -1.93. The molecular weight excluding hydrogens is 254 g/mol. The fourth-order valence-electron chi connectivity index (χ4n) is 1.56. The maximum absolute atomic E-state index is 4.35. The summed E-state index contributed by atoms with van der Waals surface area (Å²) in [6, 6.07) is 0. The molecule has 0 aromatic rings. The van der Waals surface area contributed by atoms with Gasteiger partial charge in [0.2, 0.25) is 0 Å². The fourth-order valence-corrected chi connectivity index (χ4v) is 1.56. The first-order valence-electron chi connectivity index (χ1n) is 6.92. The molecule has 0 aliphatic rings. The standard InChI is InChI=1S/C20H25N/c1-7-11-13-19(9-3)17(5)14-15-20(10-4)18(6)21-16-12-8-2/h7-16H,1-2,5H2,3-4,6H3/b13-11-,15-14-,16-12-,19-9+,20-10+,21-18-. The average Bonchev–Trinajstić information content (AvgIpc) is 2.48. The summed E-state index contributed by atoms with van der Waals surface area (Å²) in [6.07, 6.45) is 18.9. The summed E-state index contributed by atoms with van der Waals surface area (Å²) in [5.41, 5.74) is 4.03. The molecule has 0 aliphatic heterocycles. The Morgan fingerprint density at radius 2 is 1.48 bits per heavy atom. The predicted octanol–water partition coefficient (Wildman–Crippen LogP) is 5.89. The van der Waals surface area contributed by atoms with Crippen LogP contribution in [0.1, 0.15) is 20.8 Å². The second kappa shape index (κ2) is 11.4. The van der Waals surface area contributed by atoms with Crippen molar-refractivity contribution in [2.24, 2.45) is 4.99 Å². The van der Waals surface area contributed by atoms with Crippen molar-refractivity contribution in [2.45, 2.75) is 20.8 Å². The van der Waals surface area contributed by atoms with Gasteiger partial charge in [0, 0.05) is 11.9 Å². The van der Waals surface area contributed by atoms with Crippen LogP contribution in [-0.4, -0.2) is 5.71 Å². The molecule has 0 saturated carbocycles. The highest BCUT2D eigenvalue weighted by atomic mass is 14.7.